The van der Waals surface area contributed by atoms with Crippen LogP contribution >= 0.6 is 11.8 Å². The molecular weight excluding hydrogens is 410 g/mol. The number of nitrogens with one attached hydrogen (secondary N) is 1. The Balaban J connectivity index is 1.47. The molecule has 0 radical (unpaired) electrons. The van der Waals surface area contributed by atoms with Gasteiger partial charge in [0.05, 0.1) is 28.8 Å². The van der Waals surface area contributed by atoms with Crippen LogP contribution < -0.4 is 10.9 Å². The van der Waals surface area contributed by atoms with Crippen LogP contribution in [0.2, 0.25) is 0 Å². The fourth-order valence-corrected chi connectivity index (χ4v) is 5.17. The largest absolute Gasteiger partial charge is 0.376 e. The van der Waals surface area contributed by atoms with E-state index in [1.54, 1.807) is 10.6 Å². The third-order valence-electron chi connectivity index (χ3n) is 6.02. The van der Waals surface area contributed by atoms with Gasteiger partial charge in [0.2, 0.25) is 5.91 Å². The fourth-order valence-electron chi connectivity index (χ4n) is 4.22. The maximum Gasteiger partial charge on any atom is 0.262 e. The number of ether oxygens (including phenoxy) is 1. The second kappa shape index (κ2) is 10.5. The number of carbonyl (C=O) groups excluding carboxylic acids is 1. The zero-order valence-electron chi connectivity index (χ0n) is 18.1. The van der Waals surface area contributed by atoms with Crippen molar-refractivity contribution in [2.24, 2.45) is 0 Å². The molecule has 1 aromatic heterocycles. The molecular formula is C24H31N3O3S. The Labute approximate surface area is 187 Å². The maximum atomic E-state index is 13.2. The van der Waals surface area contributed by atoms with Gasteiger partial charge in [-0.25, -0.2) is 4.98 Å². The quantitative estimate of drug-likeness (QED) is 0.380. The minimum absolute atomic E-state index is 0.0208. The van der Waals surface area contributed by atoms with E-state index >= 15 is 0 Å². The van der Waals surface area contributed by atoms with Crippen LogP contribution in [0.3, 0.4) is 0 Å². The minimum atomic E-state index is -0.343. The lowest BCUT2D eigenvalue weighted by Crippen LogP contribution is -2.33. The second-order valence-corrected chi connectivity index (χ2v) is 9.68. The summed E-state index contributed by atoms with van der Waals surface area (Å²) < 4.78 is 7.45. The van der Waals surface area contributed by atoms with Crippen LogP contribution in [-0.2, 0) is 16.1 Å². The van der Waals surface area contributed by atoms with E-state index in [9.17, 15) is 9.59 Å². The van der Waals surface area contributed by atoms with Gasteiger partial charge in [-0.05, 0) is 64.0 Å². The lowest BCUT2D eigenvalue weighted by molar-refractivity contribution is -0.120. The molecule has 2 aromatic rings. The number of benzene rings is 1. The van der Waals surface area contributed by atoms with Gasteiger partial charge in [-0.1, -0.05) is 35.5 Å². The normalized spacial score (nSPS) is 19.9. The van der Waals surface area contributed by atoms with Crippen LogP contribution in [-0.4, -0.2) is 40.0 Å². The Hall–Kier alpha value is -2.12. The minimum Gasteiger partial charge on any atom is -0.376 e. The number of amides is 1. The van der Waals surface area contributed by atoms with E-state index in [0.717, 1.165) is 38.7 Å². The van der Waals surface area contributed by atoms with Gasteiger partial charge in [-0.2, -0.15) is 0 Å². The van der Waals surface area contributed by atoms with Crippen LogP contribution in [0.1, 0.15) is 51.9 Å². The van der Waals surface area contributed by atoms with Crippen molar-refractivity contribution in [1.29, 1.82) is 0 Å². The van der Waals surface area contributed by atoms with Crippen molar-refractivity contribution in [3.8, 4) is 0 Å². The topological polar surface area (TPSA) is 73.2 Å². The molecule has 1 N–H and O–H groups in total. The SMILES string of the molecule is C[C@H](Sc1nc2ccccc2c(=O)n1C[C@H]1CCCO1)C(=O)NCCC1=CCCCC1. The van der Waals surface area contributed by atoms with Gasteiger partial charge >= 0.3 is 0 Å². The Kier molecular flexibility index (Phi) is 7.45. The molecule has 1 fully saturated rings. The zero-order chi connectivity index (χ0) is 21.6. The monoisotopic (exact) mass is 441 g/mol. The lowest BCUT2D eigenvalue weighted by Gasteiger charge is -2.19. The summed E-state index contributed by atoms with van der Waals surface area (Å²) in [6, 6.07) is 7.39. The molecule has 2 heterocycles. The summed E-state index contributed by atoms with van der Waals surface area (Å²) in [5.41, 5.74) is 2.05. The molecule has 6 nitrogen and oxygen atoms in total. The molecule has 2 atom stereocenters. The van der Waals surface area contributed by atoms with E-state index in [1.165, 1.54) is 30.2 Å². The van der Waals surface area contributed by atoms with Gasteiger partial charge in [-0.15, -0.1) is 0 Å². The van der Waals surface area contributed by atoms with Crippen molar-refractivity contribution < 1.29 is 9.53 Å². The van der Waals surface area contributed by atoms with Gasteiger partial charge < -0.3 is 10.1 Å². The van der Waals surface area contributed by atoms with Gasteiger partial charge in [-0.3, -0.25) is 14.2 Å². The first-order valence-electron chi connectivity index (χ1n) is 11.4. The van der Waals surface area contributed by atoms with E-state index < -0.39 is 0 Å². The number of aromatic nitrogens is 2. The molecule has 1 amide bonds. The first kappa shape index (κ1) is 22.1. The van der Waals surface area contributed by atoms with Gasteiger partial charge in [0.15, 0.2) is 5.16 Å². The van der Waals surface area contributed by atoms with Crippen molar-refractivity contribution >= 4 is 28.6 Å². The molecule has 0 spiro atoms. The first-order chi connectivity index (χ1) is 15.1. The predicted octanol–water partition coefficient (Wildman–Crippen LogP) is 4.06. The van der Waals surface area contributed by atoms with Crippen molar-refractivity contribution in [3.63, 3.8) is 0 Å². The highest BCUT2D eigenvalue weighted by atomic mass is 32.2. The molecule has 1 aromatic carbocycles. The fraction of sp³-hybridized carbons (Fsp3) is 0.542. The zero-order valence-corrected chi connectivity index (χ0v) is 19.0. The molecule has 1 aliphatic carbocycles. The Morgan fingerprint density at radius 1 is 1.32 bits per heavy atom. The van der Waals surface area contributed by atoms with Crippen molar-refractivity contribution in [2.75, 3.05) is 13.2 Å². The molecule has 1 aliphatic heterocycles. The van der Waals surface area contributed by atoms with E-state index in [2.05, 4.69) is 11.4 Å². The van der Waals surface area contributed by atoms with Gasteiger partial charge in [0.1, 0.15) is 0 Å². The number of allylic oxidation sites excluding steroid dienone is 1. The van der Waals surface area contributed by atoms with E-state index in [1.807, 2.05) is 25.1 Å². The third-order valence-corrected chi connectivity index (χ3v) is 7.11. The lowest BCUT2D eigenvalue weighted by atomic mass is 9.97. The molecule has 31 heavy (non-hydrogen) atoms. The third kappa shape index (κ3) is 5.57. The van der Waals surface area contributed by atoms with Crippen LogP contribution in [0.15, 0.2) is 45.9 Å². The number of para-hydroxylation sites is 1. The van der Waals surface area contributed by atoms with E-state index in [4.69, 9.17) is 9.72 Å². The molecule has 0 bridgehead atoms. The number of carbonyl (C=O) groups is 1. The van der Waals surface area contributed by atoms with E-state index in [-0.39, 0.29) is 22.8 Å². The molecule has 1 saturated heterocycles. The van der Waals surface area contributed by atoms with Crippen molar-refractivity contribution in [3.05, 3.63) is 46.3 Å². The Morgan fingerprint density at radius 3 is 2.97 bits per heavy atom. The summed E-state index contributed by atoms with van der Waals surface area (Å²) in [4.78, 5) is 30.6. The number of rotatable bonds is 8. The smallest absolute Gasteiger partial charge is 0.262 e. The number of nitrogens with zero attached hydrogens (tertiary/aromatic N) is 2. The van der Waals surface area contributed by atoms with Crippen molar-refractivity contribution in [2.45, 2.75) is 74.9 Å². The summed E-state index contributed by atoms with van der Waals surface area (Å²) in [6.45, 7) is 3.74. The number of hydrogen-bond acceptors (Lipinski definition) is 5. The van der Waals surface area contributed by atoms with Crippen LogP contribution in [0.4, 0.5) is 0 Å². The number of thioether (sulfide) groups is 1. The molecule has 0 unspecified atom stereocenters. The number of hydrogen-bond donors (Lipinski definition) is 1. The molecule has 0 saturated carbocycles. The van der Waals surface area contributed by atoms with Crippen LogP contribution in [0, 0.1) is 0 Å². The predicted molar refractivity (Wildman–Crippen MR) is 124 cm³/mol. The standard InChI is InChI=1S/C24H31N3O3S/c1-17(22(28)25-14-13-18-8-3-2-4-9-18)31-24-26-21-12-6-5-11-20(21)23(29)27(24)16-19-10-7-15-30-19/h5-6,8,11-12,17,19H,2-4,7,9-10,13-16H2,1H3,(H,25,28)/t17-,19+/m0/s1. The molecule has 7 heteroatoms. The average Bonchev–Trinajstić information content (AvgIpc) is 3.30. The summed E-state index contributed by atoms with van der Waals surface area (Å²) >= 11 is 1.35. The molecule has 4 rings (SSSR count). The summed E-state index contributed by atoms with van der Waals surface area (Å²) in [6.07, 6.45) is 10.0. The highest BCUT2D eigenvalue weighted by Crippen LogP contribution is 2.25. The van der Waals surface area contributed by atoms with Crippen LogP contribution in [0.25, 0.3) is 10.9 Å². The molecule has 166 valence electrons. The summed E-state index contributed by atoms with van der Waals surface area (Å²) in [7, 11) is 0. The highest BCUT2D eigenvalue weighted by molar-refractivity contribution is 8.00. The number of fused-ring (bicyclic) bond motifs is 1. The Bertz CT molecular complexity index is 1010. The van der Waals surface area contributed by atoms with E-state index in [0.29, 0.717) is 29.1 Å². The molecule has 2 aliphatic rings. The first-order valence-corrected chi connectivity index (χ1v) is 12.2. The van der Waals surface area contributed by atoms with Crippen molar-refractivity contribution in [1.82, 2.24) is 14.9 Å². The van der Waals surface area contributed by atoms with Crippen LogP contribution in [0.5, 0.6) is 0 Å². The summed E-state index contributed by atoms with van der Waals surface area (Å²) in [5.74, 6) is -0.0208. The second-order valence-electron chi connectivity index (χ2n) is 8.37. The average molecular weight is 442 g/mol. The maximum absolute atomic E-state index is 13.2. The Morgan fingerprint density at radius 2 is 2.19 bits per heavy atom. The highest BCUT2D eigenvalue weighted by Gasteiger charge is 2.23. The summed E-state index contributed by atoms with van der Waals surface area (Å²) in [5, 5.41) is 3.89. The van der Waals surface area contributed by atoms with Gasteiger partial charge in [0, 0.05) is 13.2 Å². The van der Waals surface area contributed by atoms with Gasteiger partial charge in [0.25, 0.3) is 5.56 Å².